The summed E-state index contributed by atoms with van der Waals surface area (Å²) >= 11 is 15.7. The number of hydrogen-bond donors (Lipinski definition) is 0. The number of anilines is 1. The summed E-state index contributed by atoms with van der Waals surface area (Å²) < 4.78 is 2.02. The molecule has 1 fully saturated rings. The zero-order valence-corrected chi connectivity index (χ0v) is 25.3. The maximum atomic E-state index is 13.2. The lowest BCUT2D eigenvalue weighted by Gasteiger charge is -2.35. The molecule has 0 bridgehead atoms. The molecule has 208 valence electrons. The van der Waals surface area contributed by atoms with Crippen molar-refractivity contribution in [2.75, 3.05) is 31.1 Å². The molecule has 1 saturated heterocycles. The first-order valence-corrected chi connectivity index (χ1v) is 15.7. The van der Waals surface area contributed by atoms with E-state index in [2.05, 4.69) is 51.3 Å². The van der Waals surface area contributed by atoms with Gasteiger partial charge in [-0.3, -0.25) is 9.36 Å². The van der Waals surface area contributed by atoms with Gasteiger partial charge in [-0.05, 0) is 49.4 Å². The van der Waals surface area contributed by atoms with Gasteiger partial charge in [0.2, 0.25) is 0 Å². The van der Waals surface area contributed by atoms with Crippen LogP contribution in [0.3, 0.4) is 0 Å². The van der Waals surface area contributed by atoms with E-state index in [1.807, 2.05) is 63.4 Å². The maximum Gasteiger partial charge on any atom is 0.273 e. The number of hydrogen-bond acceptors (Lipinski definition) is 7. The van der Waals surface area contributed by atoms with Crippen molar-refractivity contribution in [3.8, 4) is 17.1 Å². The molecule has 0 saturated carbocycles. The van der Waals surface area contributed by atoms with Gasteiger partial charge in [0, 0.05) is 53.5 Å². The van der Waals surface area contributed by atoms with E-state index in [1.165, 1.54) is 28.7 Å². The number of carbonyl (C=O) groups excluding carboxylic acids is 1. The third-order valence-electron chi connectivity index (χ3n) is 6.88. The van der Waals surface area contributed by atoms with E-state index >= 15 is 0 Å². The number of thioether (sulfide) groups is 1. The van der Waals surface area contributed by atoms with Crippen LogP contribution in [-0.4, -0.2) is 56.7 Å². The zero-order chi connectivity index (χ0) is 28.3. The molecule has 0 atom stereocenters. The Labute approximate surface area is 256 Å². The van der Waals surface area contributed by atoms with Crippen molar-refractivity contribution in [3.63, 3.8) is 0 Å². The Balaban J connectivity index is 1.15. The molecule has 0 N–H and O–H groups in total. The largest absolute Gasteiger partial charge is 0.368 e. The molecule has 0 spiro atoms. The summed E-state index contributed by atoms with van der Waals surface area (Å²) in [4.78, 5) is 22.0. The number of piperazine rings is 1. The number of aromatic nitrogens is 4. The van der Waals surface area contributed by atoms with Crippen molar-refractivity contribution in [1.82, 2.24) is 24.6 Å². The van der Waals surface area contributed by atoms with Gasteiger partial charge in [-0.15, -0.1) is 21.5 Å². The average Bonchev–Trinajstić information content (AvgIpc) is 3.64. The quantitative estimate of drug-likeness (QED) is 0.178. The Morgan fingerprint density at radius 3 is 2.46 bits per heavy atom. The molecular formula is C30H26Cl2N6OS2. The number of thiazole rings is 1. The van der Waals surface area contributed by atoms with Crippen LogP contribution in [0, 0.1) is 6.92 Å². The second-order valence-corrected chi connectivity index (χ2v) is 12.4. The third-order valence-corrected chi connectivity index (χ3v) is 9.41. The van der Waals surface area contributed by atoms with E-state index in [0.29, 0.717) is 40.4 Å². The molecule has 7 nitrogen and oxygen atoms in total. The minimum atomic E-state index is -0.0351. The van der Waals surface area contributed by atoms with Gasteiger partial charge >= 0.3 is 0 Å². The van der Waals surface area contributed by atoms with Crippen LogP contribution in [0.1, 0.15) is 21.1 Å². The molecule has 1 aliphatic heterocycles. The maximum absolute atomic E-state index is 13.2. The fraction of sp³-hybridized carbons (Fsp3) is 0.200. The first-order valence-electron chi connectivity index (χ1n) is 13.1. The molecule has 3 heterocycles. The number of aryl methyl sites for hydroxylation is 1. The van der Waals surface area contributed by atoms with Crippen LogP contribution in [0.25, 0.3) is 17.1 Å². The number of amides is 1. The smallest absolute Gasteiger partial charge is 0.273 e. The van der Waals surface area contributed by atoms with Crippen LogP contribution in [0.5, 0.6) is 0 Å². The van der Waals surface area contributed by atoms with Gasteiger partial charge < -0.3 is 9.80 Å². The van der Waals surface area contributed by atoms with Crippen LogP contribution >= 0.6 is 46.3 Å². The van der Waals surface area contributed by atoms with Gasteiger partial charge in [0.15, 0.2) is 11.0 Å². The van der Waals surface area contributed by atoms with Crippen LogP contribution in [0.15, 0.2) is 83.3 Å². The fourth-order valence-corrected chi connectivity index (χ4v) is 6.85. The van der Waals surface area contributed by atoms with E-state index in [9.17, 15) is 4.79 Å². The fourth-order valence-electron chi connectivity index (χ4n) is 4.71. The van der Waals surface area contributed by atoms with Gasteiger partial charge in [0.25, 0.3) is 5.91 Å². The average molecular weight is 622 g/mol. The summed E-state index contributed by atoms with van der Waals surface area (Å²) in [5.41, 5.74) is 4.49. The third kappa shape index (κ3) is 6.13. The Kier molecular flexibility index (Phi) is 8.30. The topological polar surface area (TPSA) is 67.2 Å². The molecule has 0 radical (unpaired) electrons. The molecule has 6 rings (SSSR count). The van der Waals surface area contributed by atoms with Crippen LogP contribution in [-0.2, 0) is 5.75 Å². The monoisotopic (exact) mass is 620 g/mol. The summed E-state index contributed by atoms with van der Waals surface area (Å²) in [6.45, 7) is 4.83. The molecule has 11 heteroatoms. The molecule has 3 aromatic carbocycles. The highest BCUT2D eigenvalue weighted by Gasteiger charge is 2.25. The second kappa shape index (κ2) is 12.2. The highest BCUT2D eigenvalue weighted by Crippen LogP contribution is 2.33. The lowest BCUT2D eigenvalue weighted by molar-refractivity contribution is 0.0741. The Morgan fingerprint density at radius 2 is 1.71 bits per heavy atom. The molecule has 0 unspecified atom stereocenters. The summed E-state index contributed by atoms with van der Waals surface area (Å²) in [6.07, 6.45) is 0. The predicted molar refractivity (Wildman–Crippen MR) is 168 cm³/mol. The first kappa shape index (κ1) is 27.8. The van der Waals surface area contributed by atoms with Crippen molar-refractivity contribution in [1.29, 1.82) is 0 Å². The lowest BCUT2D eigenvalue weighted by atomic mass is 10.2. The summed E-state index contributed by atoms with van der Waals surface area (Å²) in [5.74, 6) is 1.20. The van der Waals surface area contributed by atoms with Gasteiger partial charge in [-0.25, -0.2) is 4.98 Å². The van der Waals surface area contributed by atoms with Crippen LogP contribution in [0.4, 0.5) is 5.69 Å². The number of rotatable bonds is 7. The van der Waals surface area contributed by atoms with Crippen LogP contribution in [0.2, 0.25) is 10.0 Å². The molecule has 2 aromatic heterocycles. The highest BCUT2D eigenvalue weighted by molar-refractivity contribution is 7.98. The lowest BCUT2D eigenvalue weighted by Crippen LogP contribution is -2.48. The van der Waals surface area contributed by atoms with Crippen molar-refractivity contribution in [2.24, 2.45) is 0 Å². The van der Waals surface area contributed by atoms with Crippen molar-refractivity contribution < 1.29 is 4.79 Å². The number of nitrogens with zero attached hydrogens (tertiary/aromatic N) is 6. The molecule has 41 heavy (non-hydrogen) atoms. The highest BCUT2D eigenvalue weighted by atomic mass is 35.5. The Morgan fingerprint density at radius 1 is 0.927 bits per heavy atom. The van der Waals surface area contributed by atoms with Crippen molar-refractivity contribution in [3.05, 3.63) is 104 Å². The van der Waals surface area contributed by atoms with E-state index in [-0.39, 0.29) is 5.91 Å². The normalized spacial score (nSPS) is 13.5. The second-order valence-electron chi connectivity index (χ2n) is 9.63. The van der Waals surface area contributed by atoms with Crippen molar-refractivity contribution in [2.45, 2.75) is 17.8 Å². The summed E-state index contributed by atoms with van der Waals surface area (Å²) in [5, 5.41) is 13.8. The minimum Gasteiger partial charge on any atom is -0.368 e. The van der Waals surface area contributed by atoms with Gasteiger partial charge in [-0.1, -0.05) is 70.9 Å². The number of halogens is 2. The number of benzene rings is 3. The minimum absolute atomic E-state index is 0.0351. The van der Waals surface area contributed by atoms with Crippen LogP contribution < -0.4 is 4.90 Å². The standard InChI is InChI=1S/C30H26Cl2N6OS2/c1-20-9-11-22(12-10-20)38-28(24-7-2-3-8-25(24)32)34-35-30(38)41-19-27-33-26(18-40-27)29(39)37-15-13-36(14-16-37)23-6-4-5-21(31)17-23/h2-12,17-18H,13-16,19H2,1H3. The molecular weight excluding hydrogens is 595 g/mol. The predicted octanol–water partition coefficient (Wildman–Crippen LogP) is 7.26. The van der Waals surface area contributed by atoms with E-state index in [4.69, 9.17) is 23.2 Å². The molecule has 1 aliphatic rings. The van der Waals surface area contributed by atoms with E-state index in [0.717, 1.165) is 40.2 Å². The van der Waals surface area contributed by atoms with Gasteiger partial charge in [-0.2, -0.15) is 0 Å². The van der Waals surface area contributed by atoms with Gasteiger partial charge in [0.1, 0.15) is 10.7 Å². The molecule has 0 aliphatic carbocycles. The molecule has 1 amide bonds. The van der Waals surface area contributed by atoms with E-state index in [1.54, 1.807) is 0 Å². The zero-order valence-electron chi connectivity index (χ0n) is 22.2. The number of carbonyl (C=O) groups is 1. The van der Waals surface area contributed by atoms with E-state index < -0.39 is 0 Å². The first-order chi connectivity index (χ1) is 20.0. The Bertz CT molecular complexity index is 1680. The summed E-state index contributed by atoms with van der Waals surface area (Å²) in [6, 6.07) is 23.7. The summed E-state index contributed by atoms with van der Waals surface area (Å²) in [7, 11) is 0. The molecule has 5 aromatic rings. The SMILES string of the molecule is Cc1ccc(-n2c(SCc3nc(C(=O)N4CCN(c5cccc(Cl)c5)CC4)cs3)nnc2-c2ccccc2Cl)cc1. The Hall–Kier alpha value is -3.37. The van der Waals surface area contributed by atoms with Gasteiger partial charge in [0.05, 0.1) is 10.8 Å². The van der Waals surface area contributed by atoms with Crippen molar-refractivity contribution >= 4 is 57.9 Å².